The molecule has 2 aromatic carbocycles. The second-order valence-corrected chi connectivity index (χ2v) is 6.82. The lowest BCUT2D eigenvalue weighted by molar-refractivity contribution is 0.193. The van der Waals surface area contributed by atoms with Crippen LogP contribution in [0.5, 0.6) is 5.75 Å². The van der Waals surface area contributed by atoms with E-state index in [0.717, 1.165) is 30.7 Å². The van der Waals surface area contributed by atoms with E-state index >= 15 is 0 Å². The highest BCUT2D eigenvalue weighted by atomic mass is 16.5. The Kier molecular flexibility index (Phi) is 8.45. The van der Waals surface area contributed by atoms with Gasteiger partial charge in [-0.3, -0.25) is 5.41 Å². The zero-order chi connectivity index (χ0) is 21.2. The number of hydrogen-bond donors (Lipinski definition) is 6. The van der Waals surface area contributed by atoms with Crippen molar-refractivity contribution in [3.63, 3.8) is 0 Å². The highest BCUT2D eigenvalue weighted by Crippen LogP contribution is 2.16. The van der Waals surface area contributed by atoms with E-state index in [1.807, 2.05) is 12.1 Å². The van der Waals surface area contributed by atoms with Gasteiger partial charge in [0, 0.05) is 24.7 Å². The van der Waals surface area contributed by atoms with Gasteiger partial charge >= 0.3 is 6.09 Å². The van der Waals surface area contributed by atoms with Gasteiger partial charge in [0.1, 0.15) is 11.6 Å². The molecule has 3 rings (SSSR count). The van der Waals surface area contributed by atoms with Crippen molar-refractivity contribution in [1.82, 2.24) is 10.6 Å². The van der Waals surface area contributed by atoms with E-state index in [-0.39, 0.29) is 18.5 Å². The summed E-state index contributed by atoms with van der Waals surface area (Å²) < 4.78 is 5.10. The van der Waals surface area contributed by atoms with Crippen molar-refractivity contribution in [3.05, 3.63) is 65.2 Å². The summed E-state index contributed by atoms with van der Waals surface area (Å²) >= 11 is 0. The van der Waals surface area contributed by atoms with Crippen molar-refractivity contribution in [2.45, 2.75) is 31.5 Å². The number of aliphatic hydroxyl groups excluding tert-OH is 1. The van der Waals surface area contributed by atoms with Crippen LogP contribution < -0.4 is 21.1 Å². The molecular weight excluding hydrogens is 372 g/mol. The number of β-amino-alcohol motifs (C(OH)–C–C–N with tert-alkyl or cyclic N) is 1. The molecule has 0 spiro atoms. The molecule has 2 aromatic rings. The molecule has 0 radical (unpaired) electrons. The number of ether oxygens (including phenoxy) is 1. The standard InChI is InChI=1S/C12H17NO2.C9H11N3O2/c1-15-12-4-2-9(3-5-12)6-10-7-11(14)8-13-10;10-8(11)7-3-1-2-6(4-7)5-12-9(13)14/h2-5,10-11,13-14H,6-8H2,1H3;1-4,12H,5H2,(H3,10,11)(H,13,14)/t10?,11-;/m1./s1. The summed E-state index contributed by atoms with van der Waals surface area (Å²) in [5.74, 6) is 0.861. The Morgan fingerprint density at radius 3 is 2.55 bits per heavy atom. The number of methoxy groups -OCH3 is 1. The topological polar surface area (TPSA) is 141 Å². The molecule has 1 aliphatic heterocycles. The molecular formula is C21H28N4O4. The van der Waals surface area contributed by atoms with Gasteiger partial charge in [-0.05, 0) is 42.2 Å². The van der Waals surface area contributed by atoms with E-state index in [2.05, 4.69) is 22.8 Å². The number of hydrogen-bond acceptors (Lipinski definition) is 5. The van der Waals surface area contributed by atoms with Crippen LogP contribution in [0.2, 0.25) is 0 Å². The number of nitrogen functional groups attached to an aromatic ring is 1. The monoisotopic (exact) mass is 400 g/mol. The van der Waals surface area contributed by atoms with Crippen LogP contribution >= 0.6 is 0 Å². The fourth-order valence-corrected chi connectivity index (χ4v) is 3.03. The summed E-state index contributed by atoms with van der Waals surface area (Å²) in [6, 6.07) is 15.4. The van der Waals surface area contributed by atoms with Crippen LogP contribution in [0.4, 0.5) is 4.79 Å². The Morgan fingerprint density at radius 2 is 2.00 bits per heavy atom. The Labute approximate surface area is 170 Å². The largest absolute Gasteiger partial charge is 0.497 e. The van der Waals surface area contributed by atoms with E-state index in [9.17, 15) is 9.90 Å². The molecule has 1 unspecified atom stereocenters. The van der Waals surface area contributed by atoms with Crippen molar-refractivity contribution >= 4 is 11.9 Å². The fourth-order valence-electron chi connectivity index (χ4n) is 3.03. The minimum absolute atomic E-state index is 0.0258. The maximum absolute atomic E-state index is 10.2. The first-order valence-electron chi connectivity index (χ1n) is 9.32. The second kappa shape index (κ2) is 11.0. The van der Waals surface area contributed by atoms with Gasteiger partial charge in [0.2, 0.25) is 0 Å². The van der Waals surface area contributed by atoms with Crippen molar-refractivity contribution in [2.75, 3.05) is 13.7 Å². The van der Waals surface area contributed by atoms with Crippen LogP contribution in [0.25, 0.3) is 0 Å². The lowest BCUT2D eigenvalue weighted by Gasteiger charge is -2.10. The van der Waals surface area contributed by atoms with Crippen LogP contribution in [0.1, 0.15) is 23.1 Å². The fraction of sp³-hybridized carbons (Fsp3) is 0.333. The van der Waals surface area contributed by atoms with Crippen molar-refractivity contribution < 1.29 is 19.7 Å². The number of nitrogens with one attached hydrogen (secondary N) is 3. The van der Waals surface area contributed by atoms with E-state index in [4.69, 9.17) is 21.0 Å². The first-order valence-corrected chi connectivity index (χ1v) is 9.32. The molecule has 7 N–H and O–H groups in total. The quantitative estimate of drug-likeness (QED) is 0.322. The van der Waals surface area contributed by atoms with Crippen molar-refractivity contribution in [3.8, 4) is 5.75 Å². The summed E-state index contributed by atoms with van der Waals surface area (Å²) in [4.78, 5) is 10.2. The predicted molar refractivity (Wildman–Crippen MR) is 111 cm³/mol. The molecule has 1 heterocycles. The number of carboxylic acid groups (broad SMARTS) is 1. The Bertz CT molecular complexity index is 811. The van der Waals surface area contributed by atoms with Crippen molar-refractivity contribution in [2.24, 2.45) is 5.73 Å². The predicted octanol–water partition coefficient (Wildman–Crippen LogP) is 1.70. The zero-order valence-electron chi connectivity index (χ0n) is 16.4. The summed E-state index contributed by atoms with van der Waals surface area (Å²) in [6.45, 7) is 0.942. The van der Waals surface area contributed by atoms with Gasteiger partial charge in [0.25, 0.3) is 0 Å². The van der Waals surface area contributed by atoms with Gasteiger partial charge in [-0.25, -0.2) is 4.79 Å². The molecule has 1 fully saturated rings. The van der Waals surface area contributed by atoms with Crippen molar-refractivity contribution in [1.29, 1.82) is 5.41 Å². The van der Waals surface area contributed by atoms with Crippen LogP contribution in [-0.2, 0) is 13.0 Å². The van der Waals surface area contributed by atoms with Gasteiger partial charge in [-0.15, -0.1) is 0 Å². The van der Waals surface area contributed by atoms with Gasteiger partial charge in [0.15, 0.2) is 0 Å². The van der Waals surface area contributed by atoms with E-state index in [0.29, 0.717) is 11.6 Å². The van der Waals surface area contributed by atoms with Gasteiger partial charge < -0.3 is 31.3 Å². The molecule has 1 aliphatic rings. The molecule has 0 aliphatic carbocycles. The SMILES string of the molecule is COc1ccc(CC2C[C@@H](O)CN2)cc1.N=C(N)c1cccc(CNC(=O)O)c1. The highest BCUT2D eigenvalue weighted by molar-refractivity contribution is 5.95. The normalized spacial score (nSPS) is 17.7. The molecule has 8 heteroatoms. The summed E-state index contributed by atoms with van der Waals surface area (Å²) in [5, 5.41) is 30.5. The summed E-state index contributed by atoms with van der Waals surface area (Å²) in [5.41, 5.74) is 7.94. The average Bonchev–Trinajstić information content (AvgIpc) is 3.12. The molecule has 1 amide bonds. The number of carbonyl (C=O) groups is 1. The second-order valence-electron chi connectivity index (χ2n) is 6.82. The number of amidine groups is 1. The van der Waals surface area contributed by atoms with E-state index < -0.39 is 6.09 Å². The number of nitrogens with two attached hydrogens (primary N) is 1. The molecule has 29 heavy (non-hydrogen) atoms. The smallest absolute Gasteiger partial charge is 0.404 e. The average molecular weight is 400 g/mol. The van der Waals surface area contributed by atoms with Crippen LogP contribution in [0.15, 0.2) is 48.5 Å². The molecule has 156 valence electrons. The first kappa shape index (κ1) is 22.2. The summed E-state index contributed by atoms with van der Waals surface area (Å²) in [6.07, 6.45) is 0.582. The van der Waals surface area contributed by atoms with E-state index in [1.165, 1.54) is 5.56 Å². The third kappa shape index (κ3) is 7.81. The Hall–Kier alpha value is -3.10. The van der Waals surface area contributed by atoms with Crippen LogP contribution in [0.3, 0.4) is 0 Å². The summed E-state index contributed by atoms with van der Waals surface area (Å²) in [7, 11) is 1.67. The van der Waals surface area contributed by atoms with Crippen LogP contribution in [0, 0.1) is 5.41 Å². The lowest BCUT2D eigenvalue weighted by Crippen LogP contribution is -2.23. The third-order valence-electron chi connectivity index (χ3n) is 4.52. The van der Waals surface area contributed by atoms with Crippen LogP contribution in [-0.4, -0.2) is 47.9 Å². The molecule has 1 saturated heterocycles. The number of benzene rings is 2. The maximum Gasteiger partial charge on any atom is 0.404 e. The number of amides is 1. The molecule has 0 saturated carbocycles. The molecule has 0 bridgehead atoms. The number of aliphatic hydroxyl groups is 1. The van der Waals surface area contributed by atoms with Gasteiger partial charge in [-0.1, -0.05) is 30.3 Å². The lowest BCUT2D eigenvalue weighted by atomic mass is 10.0. The minimum atomic E-state index is -1.07. The van der Waals surface area contributed by atoms with Gasteiger partial charge in [-0.2, -0.15) is 0 Å². The number of rotatable bonds is 6. The van der Waals surface area contributed by atoms with E-state index in [1.54, 1.807) is 31.4 Å². The molecule has 2 atom stereocenters. The maximum atomic E-state index is 10.2. The zero-order valence-corrected chi connectivity index (χ0v) is 16.4. The molecule has 8 nitrogen and oxygen atoms in total. The minimum Gasteiger partial charge on any atom is -0.497 e. The Balaban J connectivity index is 0.000000208. The molecule has 0 aromatic heterocycles. The first-order chi connectivity index (χ1) is 13.9. The highest BCUT2D eigenvalue weighted by Gasteiger charge is 2.21. The van der Waals surface area contributed by atoms with Gasteiger partial charge in [0.05, 0.1) is 13.2 Å². The Morgan fingerprint density at radius 1 is 1.28 bits per heavy atom. The third-order valence-corrected chi connectivity index (χ3v) is 4.52.